The van der Waals surface area contributed by atoms with Gasteiger partial charge in [-0.05, 0) is 0 Å². The predicted molar refractivity (Wildman–Crippen MR) is 51.3 cm³/mol. The topological polar surface area (TPSA) is 0 Å². The first-order valence-electron chi connectivity index (χ1n) is 4.14. The van der Waals surface area contributed by atoms with Crippen molar-refractivity contribution in [3.8, 4) is 0 Å². The Labute approximate surface area is 134 Å². The average molecular weight is 341 g/mol. The minimum atomic E-state index is -6.00. The third-order valence-electron chi connectivity index (χ3n) is 0.289. The van der Waals surface area contributed by atoms with Crippen LogP contribution in [0.4, 0.5) is 51.8 Å². The van der Waals surface area contributed by atoms with Crippen LogP contribution in [0.5, 0.6) is 0 Å². The van der Waals surface area contributed by atoms with Gasteiger partial charge in [-0.1, -0.05) is 0 Å². The second-order valence-electron chi connectivity index (χ2n) is 2.18. The SMILES string of the molecule is C=C[CH2][K].F[B-](F)(F)F.F[B-](F)(F)F.F[B-](F)(F)F. The molecule has 0 aromatic rings. The smallest absolute Gasteiger partial charge is 0.418 e. The van der Waals surface area contributed by atoms with Crippen LogP contribution in [-0.2, 0) is 0 Å². The van der Waals surface area contributed by atoms with Gasteiger partial charge in [0.05, 0.1) is 0 Å². The molecular weight excluding hydrogens is 336 g/mol. The molecule has 114 valence electrons. The Balaban J connectivity index is -0.0000000793. The molecule has 0 aliphatic carbocycles. The van der Waals surface area contributed by atoms with E-state index in [1.807, 2.05) is 6.08 Å². The predicted octanol–water partition coefficient (Wildman–Crippen LogP) is 4.66. The Bertz CT molecular complexity index is 147. The molecule has 0 rings (SSSR count). The summed E-state index contributed by atoms with van der Waals surface area (Å²) in [6.45, 7) is 3.53. The number of hydrogen-bond donors (Lipinski definition) is 0. The van der Waals surface area contributed by atoms with Crippen LogP contribution < -0.4 is 0 Å². The van der Waals surface area contributed by atoms with Gasteiger partial charge >= 0.3 is 83.9 Å². The standard InChI is InChI=1S/C3H5.3BF4.K/c1-3-2;3*2-1(3,4)5;/h3H,1-2H2;;;;/q;3*-1;. The number of hydrogen-bond acceptors (Lipinski definition) is 0. The van der Waals surface area contributed by atoms with Crippen LogP contribution in [-0.4, -0.2) is 70.7 Å². The molecule has 0 heterocycles. The minimum absolute atomic E-state index is 0.995. The molecule has 0 nitrogen and oxygen atoms in total. The van der Waals surface area contributed by atoms with E-state index in [1.54, 1.807) is 0 Å². The average Bonchev–Trinajstić information content (AvgIpc) is 1.93. The molecule has 0 unspecified atom stereocenters. The first-order valence-corrected chi connectivity index (χ1v) is 6.35. The molecule has 0 aromatic heterocycles. The zero-order chi connectivity index (χ0) is 16.9. The van der Waals surface area contributed by atoms with Crippen LogP contribution in [0.3, 0.4) is 0 Å². The monoisotopic (exact) mass is 341 g/mol. The molecule has 19 heavy (non-hydrogen) atoms. The third-order valence-corrected chi connectivity index (χ3v) is 1.19. The van der Waals surface area contributed by atoms with Gasteiger partial charge in [-0.3, -0.25) is 0 Å². The summed E-state index contributed by atoms with van der Waals surface area (Å²) < 4.78 is 118. The van der Waals surface area contributed by atoms with Crippen molar-refractivity contribution in [3.63, 3.8) is 0 Å². The molecule has 0 aromatic carbocycles. The summed E-state index contributed by atoms with van der Waals surface area (Å²) in [7, 11) is -18.0. The van der Waals surface area contributed by atoms with E-state index in [0.29, 0.717) is 0 Å². The van der Waals surface area contributed by atoms with E-state index in [-0.39, 0.29) is 0 Å². The van der Waals surface area contributed by atoms with E-state index in [9.17, 15) is 51.8 Å². The van der Waals surface area contributed by atoms with Gasteiger partial charge in [-0.15, -0.1) is 0 Å². The van der Waals surface area contributed by atoms with Crippen molar-refractivity contribution in [2.75, 3.05) is 0 Å². The quantitative estimate of drug-likeness (QED) is 0.370. The summed E-state index contributed by atoms with van der Waals surface area (Å²) >= 11 is 0.995. The van der Waals surface area contributed by atoms with Crippen LogP contribution in [0, 0.1) is 0 Å². The summed E-state index contributed by atoms with van der Waals surface area (Å²) in [4.78, 5) is 0. The molecule has 0 aliphatic rings. The Hall–Kier alpha value is 0.731. The van der Waals surface area contributed by atoms with Gasteiger partial charge in [0.15, 0.2) is 0 Å². The largest absolute Gasteiger partial charge is 0.673 e. The van der Waals surface area contributed by atoms with Crippen molar-refractivity contribution in [2.45, 2.75) is 0.515 Å². The van der Waals surface area contributed by atoms with Crippen LogP contribution >= 0.6 is 0 Å². The summed E-state index contributed by atoms with van der Waals surface area (Å²) in [6, 6.07) is 0. The van der Waals surface area contributed by atoms with E-state index < -0.39 is 21.8 Å². The van der Waals surface area contributed by atoms with Crippen molar-refractivity contribution in [1.82, 2.24) is 0 Å². The maximum atomic E-state index is 9.75. The van der Waals surface area contributed by atoms with Crippen LogP contribution in [0.1, 0.15) is 0 Å². The Morgan fingerprint density at radius 3 is 0.684 bits per heavy atom. The van der Waals surface area contributed by atoms with Crippen LogP contribution in [0.25, 0.3) is 0 Å². The molecule has 16 heteroatoms. The second kappa shape index (κ2) is 13.7. The van der Waals surface area contributed by atoms with Gasteiger partial charge in [0.25, 0.3) is 0 Å². The van der Waals surface area contributed by atoms with Gasteiger partial charge in [0.2, 0.25) is 0 Å². The first-order chi connectivity index (χ1) is 7.91. The number of halogens is 12. The minimum Gasteiger partial charge on any atom is -0.418 e. The molecule has 0 spiro atoms. The van der Waals surface area contributed by atoms with Crippen molar-refractivity contribution in [3.05, 3.63) is 12.7 Å². The Morgan fingerprint density at radius 1 is 0.632 bits per heavy atom. The molecular formula is C3H5B3F12K-3. The molecule has 0 fully saturated rings. The third kappa shape index (κ3) is 1750. The molecule has 0 aliphatic heterocycles. The maximum Gasteiger partial charge on any atom is 0.673 e. The van der Waals surface area contributed by atoms with Crippen molar-refractivity contribution in [1.29, 1.82) is 0 Å². The van der Waals surface area contributed by atoms with E-state index in [2.05, 4.69) is 6.58 Å². The molecule has 0 amide bonds. The van der Waals surface area contributed by atoms with E-state index in [0.717, 1.165) is 49.0 Å². The fourth-order valence-corrected chi connectivity index (χ4v) is 0. The van der Waals surface area contributed by atoms with Gasteiger partial charge in [-0.25, -0.2) is 0 Å². The number of allylic oxidation sites excluding steroid dienone is 1. The van der Waals surface area contributed by atoms with Gasteiger partial charge < -0.3 is 51.8 Å². The summed E-state index contributed by atoms with van der Waals surface area (Å²) in [5.41, 5.74) is 0. The fraction of sp³-hybridized carbons (Fsp3) is 0.333. The zero-order valence-electron chi connectivity index (χ0n) is 9.26. The maximum absolute atomic E-state index is 9.75. The zero-order valence-corrected chi connectivity index (χ0v) is 12.4. The van der Waals surface area contributed by atoms with Gasteiger partial charge in [0.1, 0.15) is 0 Å². The van der Waals surface area contributed by atoms with E-state index in [4.69, 9.17) is 0 Å². The molecule has 0 saturated carbocycles. The Morgan fingerprint density at radius 2 is 0.684 bits per heavy atom. The van der Waals surface area contributed by atoms with E-state index >= 15 is 0 Å². The van der Waals surface area contributed by atoms with Crippen LogP contribution in [0.15, 0.2) is 12.7 Å². The second-order valence-corrected chi connectivity index (χ2v) is 3.46. The van der Waals surface area contributed by atoms with Crippen LogP contribution in [0.2, 0.25) is 0.515 Å². The summed E-state index contributed by atoms with van der Waals surface area (Å²) in [5.74, 6) is 0. The van der Waals surface area contributed by atoms with Crippen molar-refractivity contribution in [2.24, 2.45) is 0 Å². The van der Waals surface area contributed by atoms with Crippen molar-refractivity contribution < 1.29 is 51.8 Å². The Kier molecular flexibility index (Phi) is 20.2. The van der Waals surface area contributed by atoms with E-state index in [1.165, 1.54) is 0.515 Å². The molecule has 0 radical (unpaired) electrons. The van der Waals surface area contributed by atoms with Gasteiger partial charge in [0, 0.05) is 0 Å². The van der Waals surface area contributed by atoms with Crippen molar-refractivity contribution >= 4 is 70.7 Å². The molecule has 0 saturated heterocycles. The summed E-state index contributed by atoms with van der Waals surface area (Å²) in [5, 5.41) is 0. The molecule has 0 atom stereocenters. The summed E-state index contributed by atoms with van der Waals surface area (Å²) in [6.07, 6.45) is 1.96. The first kappa shape index (κ1) is 28.0. The number of rotatable bonds is 1. The molecule has 0 N–H and O–H groups in total. The normalized spacial score (nSPS) is 10.8. The van der Waals surface area contributed by atoms with Gasteiger partial charge in [-0.2, -0.15) is 0 Å². The molecule has 0 bridgehead atoms. The fourth-order valence-electron chi connectivity index (χ4n) is 0.